The Kier molecular flexibility index (Phi) is 21.1. The van der Waals surface area contributed by atoms with Crippen LogP contribution in [0.25, 0.3) is 0 Å². The van der Waals surface area contributed by atoms with Gasteiger partial charge in [0.15, 0.2) is 0 Å². The molecule has 0 saturated heterocycles. The van der Waals surface area contributed by atoms with E-state index in [9.17, 15) is 0 Å². The monoisotopic (exact) mass is 230 g/mol. The van der Waals surface area contributed by atoms with E-state index in [0.29, 0.717) is 0 Å². The average Bonchev–Trinajstić information content (AvgIpc) is 1.87. The van der Waals surface area contributed by atoms with Crippen molar-refractivity contribution in [3.05, 3.63) is 37.1 Å². The van der Waals surface area contributed by atoms with E-state index in [0.717, 1.165) is 12.8 Å². The van der Waals surface area contributed by atoms with Crippen molar-refractivity contribution in [3.63, 3.8) is 0 Å². The molecule has 13 heavy (non-hydrogen) atoms. The molecule has 72 valence electrons. The Hall–Kier alpha value is 0.103. The molecule has 0 radical (unpaired) electrons. The molecule has 0 bridgehead atoms. The van der Waals surface area contributed by atoms with Crippen LogP contribution in [0.1, 0.15) is 40.5 Å². The van der Waals surface area contributed by atoms with Crippen molar-refractivity contribution >= 4 is 0 Å². The normalized spacial score (nSPS) is 7.23. The first kappa shape index (κ1) is 18.8. The molecule has 0 unspecified atom stereocenters. The molecule has 0 aliphatic carbocycles. The van der Waals surface area contributed by atoms with Gasteiger partial charge in [0.1, 0.15) is 0 Å². The topological polar surface area (TPSA) is 0 Å². The third kappa shape index (κ3) is 33.2. The maximum Gasteiger partial charge on any atom is 2.00 e. The molecule has 0 aromatic heterocycles. The van der Waals surface area contributed by atoms with Gasteiger partial charge in [0.2, 0.25) is 0 Å². The van der Waals surface area contributed by atoms with Crippen LogP contribution in [0.4, 0.5) is 0 Å². The second-order valence-corrected chi connectivity index (χ2v) is 3.14. The molecule has 0 nitrogen and oxygen atoms in total. The Morgan fingerprint density at radius 1 is 0.846 bits per heavy atom. The molecule has 0 heterocycles. The van der Waals surface area contributed by atoms with Gasteiger partial charge in [-0.2, -0.15) is 12.8 Å². The first-order valence-corrected chi connectivity index (χ1v) is 4.39. The molecule has 0 aliphatic rings. The molecule has 0 spiro atoms. The zero-order valence-corrected chi connectivity index (χ0v) is 12.7. The van der Waals surface area contributed by atoms with Gasteiger partial charge >= 0.3 is 19.5 Å². The molecule has 0 fully saturated rings. The number of allylic oxidation sites excluding steroid dienone is 4. The van der Waals surface area contributed by atoms with Crippen LogP contribution in [0, 0.1) is 13.8 Å². The Bertz CT molecular complexity index is 117. The van der Waals surface area contributed by atoms with E-state index in [1.807, 2.05) is 0 Å². The van der Waals surface area contributed by atoms with Gasteiger partial charge in [-0.15, -0.1) is 12.2 Å². The van der Waals surface area contributed by atoms with Crippen molar-refractivity contribution < 1.29 is 19.5 Å². The summed E-state index contributed by atoms with van der Waals surface area (Å²) in [6.45, 7) is 15.6. The van der Waals surface area contributed by atoms with Crippen LogP contribution in [-0.4, -0.2) is 0 Å². The SMILES string of the molecule is [CH2-]CC=C(C)C.[CH2-]CC=C(C)C.[Zn+2]. The van der Waals surface area contributed by atoms with Crippen molar-refractivity contribution in [2.75, 3.05) is 0 Å². The second kappa shape index (κ2) is 14.6. The first-order valence-electron chi connectivity index (χ1n) is 4.39. The molecule has 0 amide bonds. The fourth-order valence-corrected chi connectivity index (χ4v) is 0.577. The summed E-state index contributed by atoms with van der Waals surface area (Å²) in [7, 11) is 0. The van der Waals surface area contributed by atoms with Gasteiger partial charge in [-0.3, -0.25) is 0 Å². The van der Waals surface area contributed by atoms with Crippen molar-refractivity contribution in [2.24, 2.45) is 0 Å². The van der Waals surface area contributed by atoms with Crippen LogP contribution < -0.4 is 0 Å². The summed E-state index contributed by atoms with van der Waals surface area (Å²) in [5.41, 5.74) is 2.70. The Balaban J connectivity index is -0.000000143. The van der Waals surface area contributed by atoms with Gasteiger partial charge in [-0.05, 0) is 27.7 Å². The third-order valence-electron chi connectivity index (χ3n) is 1.11. The Morgan fingerprint density at radius 3 is 1.08 bits per heavy atom. The fraction of sp³-hybridized carbons (Fsp3) is 0.500. The molecule has 1 heteroatoms. The van der Waals surface area contributed by atoms with Gasteiger partial charge in [-0.1, -0.05) is 11.1 Å². The van der Waals surface area contributed by atoms with E-state index < -0.39 is 0 Å². The van der Waals surface area contributed by atoms with E-state index in [1.165, 1.54) is 11.1 Å². The van der Waals surface area contributed by atoms with Crippen LogP contribution in [0.2, 0.25) is 0 Å². The van der Waals surface area contributed by atoms with Crippen LogP contribution in [-0.2, 0) is 19.5 Å². The molecule has 0 saturated carbocycles. The molecule has 0 atom stereocenters. The molecule has 0 N–H and O–H groups in total. The fourth-order valence-electron chi connectivity index (χ4n) is 0.577. The van der Waals surface area contributed by atoms with E-state index in [1.54, 1.807) is 0 Å². The number of hydrogen-bond donors (Lipinski definition) is 0. The van der Waals surface area contributed by atoms with Gasteiger partial charge in [0.25, 0.3) is 0 Å². The van der Waals surface area contributed by atoms with Crippen LogP contribution in [0.3, 0.4) is 0 Å². The summed E-state index contributed by atoms with van der Waals surface area (Å²) in [5, 5.41) is 0. The number of hydrogen-bond acceptors (Lipinski definition) is 0. The molecule has 0 aromatic rings. The van der Waals surface area contributed by atoms with Crippen LogP contribution in [0.5, 0.6) is 0 Å². The standard InChI is InChI=1S/2C6H11.Zn/c2*1-4-5-6(2)3;/h2*5H,1,4H2,2-3H3;/q2*-1;+2. The summed E-state index contributed by atoms with van der Waals surface area (Å²) in [4.78, 5) is 0. The van der Waals surface area contributed by atoms with E-state index >= 15 is 0 Å². The van der Waals surface area contributed by atoms with Crippen molar-refractivity contribution in [2.45, 2.75) is 40.5 Å². The predicted octanol–water partition coefficient (Wildman–Crippen LogP) is 4.35. The molecular weight excluding hydrogens is 210 g/mol. The van der Waals surface area contributed by atoms with Crippen molar-refractivity contribution in [1.82, 2.24) is 0 Å². The van der Waals surface area contributed by atoms with Crippen molar-refractivity contribution in [3.8, 4) is 0 Å². The quantitative estimate of drug-likeness (QED) is 0.377. The maximum atomic E-state index is 3.65. The molecule has 0 aliphatic heterocycles. The minimum Gasteiger partial charge on any atom is -0.340 e. The van der Waals surface area contributed by atoms with Gasteiger partial charge in [0, 0.05) is 0 Å². The van der Waals surface area contributed by atoms with Gasteiger partial charge in [-0.25, -0.2) is 0 Å². The zero-order chi connectivity index (χ0) is 9.98. The zero-order valence-electron chi connectivity index (χ0n) is 9.69. The maximum absolute atomic E-state index is 3.65. The number of rotatable bonds is 2. The Morgan fingerprint density at radius 2 is 1.08 bits per heavy atom. The smallest absolute Gasteiger partial charge is 0.340 e. The summed E-state index contributed by atoms with van der Waals surface area (Å²) < 4.78 is 0. The average molecular weight is 232 g/mol. The van der Waals surface area contributed by atoms with Gasteiger partial charge in [0.05, 0.1) is 0 Å². The summed E-state index contributed by atoms with van der Waals surface area (Å²) in [6, 6.07) is 0. The third-order valence-corrected chi connectivity index (χ3v) is 1.11. The summed E-state index contributed by atoms with van der Waals surface area (Å²) in [6.07, 6.45) is 6.03. The Labute approximate surface area is 97.3 Å². The summed E-state index contributed by atoms with van der Waals surface area (Å²) in [5.74, 6) is 0. The molecule has 0 rings (SSSR count). The van der Waals surface area contributed by atoms with Crippen molar-refractivity contribution in [1.29, 1.82) is 0 Å². The second-order valence-electron chi connectivity index (χ2n) is 3.14. The minimum absolute atomic E-state index is 0. The first-order chi connectivity index (χ1) is 5.54. The molecule has 0 aromatic carbocycles. The molecular formula is C12H22Zn. The largest absolute Gasteiger partial charge is 2.00 e. The summed E-state index contributed by atoms with van der Waals surface area (Å²) >= 11 is 0. The van der Waals surface area contributed by atoms with Gasteiger partial charge < -0.3 is 13.8 Å². The van der Waals surface area contributed by atoms with E-state index in [2.05, 4.69) is 53.7 Å². The van der Waals surface area contributed by atoms with Crippen LogP contribution in [0.15, 0.2) is 23.3 Å². The predicted molar refractivity (Wildman–Crippen MR) is 58.8 cm³/mol. The van der Waals surface area contributed by atoms with E-state index in [4.69, 9.17) is 0 Å². The van der Waals surface area contributed by atoms with Crippen LogP contribution >= 0.6 is 0 Å². The minimum atomic E-state index is 0. The van der Waals surface area contributed by atoms with E-state index in [-0.39, 0.29) is 19.5 Å².